The van der Waals surface area contributed by atoms with Crippen LogP contribution in [0.25, 0.3) is 0 Å². The van der Waals surface area contributed by atoms with Crippen LogP contribution in [0.2, 0.25) is 0 Å². The summed E-state index contributed by atoms with van der Waals surface area (Å²) in [6.07, 6.45) is 4.32. The predicted octanol–water partition coefficient (Wildman–Crippen LogP) is 3.37. The van der Waals surface area contributed by atoms with Crippen LogP contribution in [0.3, 0.4) is 0 Å². The fourth-order valence-corrected chi connectivity index (χ4v) is 2.78. The van der Waals surface area contributed by atoms with Crippen molar-refractivity contribution >= 4 is 5.96 Å². The van der Waals surface area contributed by atoms with Crippen LogP contribution in [0.15, 0.2) is 35.6 Å². The number of nitrogens with zero attached hydrogens (tertiary/aromatic N) is 3. The number of hydrogen-bond acceptors (Lipinski definition) is 4. The highest BCUT2D eigenvalue weighted by atomic mass is 19.3. The summed E-state index contributed by atoms with van der Waals surface area (Å²) < 4.78 is 37.5. The molecule has 0 saturated carbocycles. The van der Waals surface area contributed by atoms with Crippen LogP contribution in [-0.4, -0.2) is 42.3 Å². The van der Waals surface area contributed by atoms with Gasteiger partial charge in [0, 0.05) is 25.5 Å². The number of guanidine groups is 1. The molecule has 0 aliphatic heterocycles. The minimum absolute atomic E-state index is 0.0723. The lowest BCUT2D eigenvalue weighted by Crippen LogP contribution is -2.38. The normalized spacial score (nSPS) is 11.6. The van der Waals surface area contributed by atoms with E-state index in [9.17, 15) is 8.78 Å². The minimum atomic E-state index is -2.62. The molecular formula is C20H29F2N5O2. The third-order valence-electron chi connectivity index (χ3n) is 4.14. The number of aromatic nitrogens is 2. The number of aryl methyl sites for hydroxylation is 1. The Hall–Kier alpha value is -2.84. The summed E-state index contributed by atoms with van der Waals surface area (Å²) >= 11 is 0. The molecule has 0 fully saturated rings. The van der Waals surface area contributed by atoms with Crippen LogP contribution in [0.5, 0.6) is 11.5 Å². The average Bonchev–Trinajstić information content (AvgIpc) is 3.19. The Morgan fingerprint density at radius 3 is 2.76 bits per heavy atom. The Morgan fingerprint density at radius 2 is 2.07 bits per heavy atom. The Bertz CT molecular complexity index is 780. The molecule has 2 N–H and O–H groups in total. The molecule has 2 rings (SSSR count). The zero-order valence-electron chi connectivity index (χ0n) is 17.1. The van der Waals surface area contributed by atoms with Gasteiger partial charge in [0.2, 0.25) is 0 Å². The van der Waals surface area contributed by atoms with Gasteiger partial charge in [0.15, 0.2) is 17.5 Å². The van der Waals surface area contributed by atoms with Crippen LogP contribution in [0.1, 0.15) is 38.2 Å². The van der Waals surface area contributed by atoms with Crippen molar-refractivity contribution in [3.05, 3.63) is 42.0 Å². The van der Waals surface area contributed by atoms with Crippen LogP contribution < -0.4 is 20.1 Å². The van der Waals surface area contributed by atoms with Crippen molar-refractivity contribution in [3.8, 4) is 11.5 Å². The summed E-state index contributed by atoms with van der Waals surface area (Å²) in [7, 11) is 1.62. The molecule has 0 radical (unpaired) electrons. The summed E-state index contributed by atoms with van der Waals surface area (Å²) in [4.78, 5) is 8.29. The van der Waals surface area contributed by atoms with Crippen molar-refractivity contribution in [1.29, 1.82) is 0 Å². The summed E-state index contributed by atoms with van der Waals surface area (Å²) in [6.45, 7) is 3.27. The molecule has 29 heavy (non-hydrogen) atoms. The molecule has 9 heteroatoms. The number of hydrogen-bond donors (Lipinski definition) is 2. The largest absolute Gasteiger partial charge is 0.493 e. The van der Waals surface area contributed by atoms with Gasteiger partial charge < -0.3 is 20.1 Å². The van der Waals surface area contributed by atoms with Crippen LogP contribution in [0.4, 0.5) is 8.78 Å². The fraction of sp³-hybridized carbons (Fsp3) is 0.500. The van der Waals surface area contributed by atoms with E-state index in [1.54, 1.807) is 7.11 Å². The van der Waals surface area contributed by atoms with Crippen LogP contribution >= 0.6 is 0 Å². The molecule has 0 aliphatic carbocycles. The number of methoxy groups -OCH3 is 1. The van der Waals surface area contributed by atoms with E-state index in [-0.39, 0.29) is 12.4 Å². The van der Waals surface area contributed by atoms with Crippen molar-refractivity contribution in [2.24, 2.45) is 4.99 Å². The van der Waals surface area contributed by atoms with Crippen molar-refractivity contribution in [1.82, 2.24) is 20.2 Å². The number of aliphatic imine (C=N–C) groups is 1. The number of halogens is 2. The van der Waals surface area contributed by atoms with E-state index in [0.717, 1.165) is 34.5 Å². The van der Waals surface area contributed by atoms with Crippen LogP contribution in [0, 0.1) is 0 Å². The van der Waals surface area contributed by atoms with E-state index in [1.807, 2.05) is 32.0 Å². The monoisotopic (exact) mass is 409 g/mol. The number of nitrogens with one attached hydrogen (secondary N) is 2. The molecule has 0 aliphatic rings. The molecule has 0 amide bonds. The van der Waals surface area contributed by atoms with Gasteiger partial charge in [-0.15, -0.1) is 0 Å². The maximum atomic E-state index is 12.9. The van der Waals surface area contributed by atoms with Gasteiger partial charge >= 0.3 is 6.55 Å². The molecule has 0 spiro atoms. The van der Waals surface area contributed by atoms with Crippen molar-refractivity contribution < 1.29 is 18.3 Å². The predicted molar refractivity (Wildman–Crippen MR) is 109 cm³/mol. The Labute approximate surface area is 170 Å². The first-order valence-corrected chi connectivity index (χ1v) is 9.70. The first kappa shape index (κ1) is 22.4. The second-order valence-electron chi connectivity index (χ2n) is 6.17. The number of benzene rings is 1. The molecule has 7 nitrogen and oxygen atoms in total. The minimum Gasteiger partial charge on any atom is -0.493 e. The zero-order chi connectivity index (χ0) is 21.1. The van der Waals surface area contributed by atoms with Gasteiger partial charge in [-0.25, -0.2) is 9.98 Å². The number of imidazole rings is 1. The first-order chi connectivity index (χ1) is 14.1. The quantitative estimate of drug-likeness (QED) is 0.338. The molecule has 1 aromatic carbocycles. The van der Waals surface area contributed by atoms with Gasteiger partial charge in [-0.1, -0.05) is 6.07 Å². The topological polar surface area (TPSA) is 72.7 Å². The first-order valence-electron chi connectivity index (χ1n) is 9.70. The number of ether oxygens (including phenoxy) is 2. The molecule has 2 aromatic rings. The average molecular weight is 409 g/mol. The smallest absolute Gasteiger partial charge is 0.319 e. The maximum Gasteiger partial charge on any atom is 0.319 e. The fourth-order valence-electron chi connectivity index (χ4n) is 2.78. The number of alkyl halides is 2. The highest BCUT2D eigenvalue weighted by molar-refractivity contribution is 5.79. The molecule has 1 heterocycles. The van der Waals surface area contributed by atoms with E-state index in [4.69, 9.17) is 9.47 Å². The van der Waals surface area contributed by atoms with Gasteiger partial charge in [-0.05, 0) is 44.4 Å². The van der Waals surface area contributed by atoms with E-state index in [0.29, 0.717) is 25.7 Å². The second kappa shape index (κ2) is 11.9. The maximum absolute atomic E-state index is 12.9. The van der Waals surface area contributed by atoms with Crippen molar-refractivity contribution in [3.63, 3.8) is 0 Å². The lowest BCUT2D eigenvalue weighted by molar-refractivity contribution is 0.0671. The van der Waals surface area contributed by atoms with E-state index in [1.165, 1.54) is 12.4 Å². The van der Waals surface area contributed by atoms with E-state index < -0.39 is 6.55 Å². The van der Waals surface area contributed by atoms with Gasteiger partial charge in [0.1, 0.15) is 12.4 Å². The summed E-state index contributed by atoms with van der Waals surface area (Å²) in [6, 6.07) is 5.92. The molecule has 1 aromatic heterocycles. The van der Waals surface area contributed by atoms with Crippen molar-refractivity contribution in [2.75, 3.05) is 26.8 Å². The SMILES string of the molecule is CCNC(=NCc1nccn1C(F)F)NCCCc1ccc(OC)c(OCC)c1. The summed E-state index contributed by atoms with van der Waals surface area (Å²) in [5.74, 6) is 2.25. The van der Waals surface area contributed by atoms with Gasteiger partial charge in [-0.3, -0.25) is 4.57 Å². The number of rotatable bonds is 11. The Balaban J connectivity index is 1.87. The van der Waals surface area contributed by atoms with Gasteiger partial charge in [0.05, 0.1) is 13.7 Å². The third kappa shape index (κ3) is 6.92. The molecule has 0 unspecified atom stereocenters. The van der Waals surface area contributed by atoms with E-state index in [2.05, 4.69) is 20.6 Å². The highest BCUT2D eigenvalue weighted by Gasteiger charge is 2.11. The van der Waals surface area contributed by atoms with Gasteiger partial charge in [0.25, 0.3) is 0 Å². The summed E-state index contributed by atoms with van der Waals surface area (Å²) in [5, 5.41) is 6.33. The van der Waals surface area contributed by atoms with Gasteiger partial charge in [-0.2, -0.15) is 8.78 Å². The van der Waals surface area contributed by atoms with Crippen LogP contribution in [-0.2, 0) is 13.0 Å². The standard InChI is InChI=1S/C20H29F2N5O2/c1-4-23-20(26-14-18-24-11-12-27(18)19(21)22)25-10-6-7-15-8-9-16(28-3)17(13-15)29-5-2/h8-9,11-13,19H,4-7,10,14H2,1-3H3,(H2,23,25,26). The lowest BCUT2D eigenvalue weighted by atomic mass is 10.1. The molecule has 0 saturated heterocycles. The van der Waals surface area contributed by atoms with E-state index >= 15 is 0 Å². The molecule has 0 bridgehead atoms. The van der Waals surface area contributed by atoms with Crippen molar-refractivity contribution in [2.45, 2.75) is 39.8 Å². The third-order valence-corrected chi connectivity index (χ3v) is 4.14. The zero-order valence-corrected chi connectivity index (χ0v) is 17.1. The Kier molecular flexibility index (Phi) is 9.20. The second-order valence-corrected chi connectivity index (χ2v) is 6.17. The summed E-state index contributed by atoms with van der Waals surface area (Å²) in [5.41, 5.74) is 1.15. The molecule has 160 valence electrons. The lowest BCUT2D eigenvalue weighted by Gasteiger charge is -2.13. The molecular weight excluding hydrogens is 380 g/mol. The molecule has 0 atom stereocenters. The highest BCUT2D eigenvalue weighted by Crippen LogP contribution is 2.28. The Morgan fingerprint density at radius 1 is 1.24 bits per heavy atom.